The van der Waals surface area contributed by atoms with E-state index in [-0.39, 0.29) is 6.04 Å². The lowest BCUT2D eigenvalue weighted by Crippen LogP contribution is -2.40. The van der Waals surface area contributed by atoms with Crippen molar-refractivity contribution in [3.05, 3.63) is 35.4 Å². The van der Waals surface area contributed by atoms with Crippen LogP contribution in [0.25, 0.3) is 0 Å². The quantitative estimate of drug-likeness (QED) is 0.888. The summed E-state index contributed by atoms with van der Waals surface area (Å²) in [5, 5.41) is 8.83. The summed E-state index contributed by atoms with van der Waals surface area (Å²) in [5.74, 6) is 1.10. The van der Waals surface area contributed by atoms with Crippen LogP contribution in [0.5, 0.6) is 0 Å². The molecule has 1 heterocycles. The van der Waals surface area contributed by atoms with Crippen LogP contribution in [0.3, 0.4) is 0 Å². The highest BCUT2D eigenvalue weighted by Gasteiger charge is 2.43. The molecular weight excluding hydrogens is 298 g/mol. The molecule has 1 aliphatic heterocycles. The summed E-state index contributed by atoms with van der Waals surface area (Å²) < 4.78 is 25.9. The van der Waals surface area contributed by atoms with Crippen LogP contribution in [0.1, 0.15) is 24.0 Å². The Morgan fingerprint density at radius 1 is 1.27 bits per heavy atom. The molecule has 0 aromatic heterocycles. The SMILES string of the molecule is CS(=O)(=O)N[C@@H]1CN(Cc2ccc(C#N)cc2)C[C@H]1C1CC1. The fourth-order valence-corrected chi connectivity index (χ4v) is 4.19. The molecule has 118 valence electrons. The van der Waals surface area contributed by atoms with Crippen LogP contribution in [0, 0.1) is 23.2 Å². The monoisotopic (exact) mass is 319 g/mol. The highest BCUT2D eigenvalue weighted by molar-refractivity contribution is 7.88. The van der Waals surface area contributed by atoms with Crippen molar-refractivity contribution in [1.29, 1.82) is 5.26 Å². The molecule has 2 aliphatic rings. The molecule has 2 fully saturated rings. The topological polar surface area (TPSA) is 73.2 Å². The first kappa shape index (κ1) is 15.5. The molecule has 0 unspecified atom stereocenters. The van der Waals surface area contributed by atoms with E-state index in [0.717, 1.165) is 25.2 Å². The molecule has 0 spiro atoms. The van der Waals surface area contributed by atoms with E-state index in [2.05, 4.69) is 15.7 Å². The van der Waals surface area contributed by atoms with E-state index in [1.54, 1.807) is 0 Å². The molecule has 0 bridgehead atoms. The maximum absolute atomic E-state index is 11.6. The Balaban J connectivity index is 1.66. The van der Waals surface area contributed by atoms with Gasteiger partial charge in [0.2, 0.25) is 10.0 Å². The number of benzene rings is 1. The maximum Gasteiger partial charge on any atom is 0.209 e. The Hall–Kier alpha value is -1.42. The average molecular weight is 319 g/mol. The molecular formula is C16H21N3O2S. The number of nitrogens with zero attached hydrogens (tertiary/aromatic N) is 2. The van der Waals surface area contributed by atoms with Crippen molar-refractivity contribution in [3.8, 4) is 6.07 Å². The molecule has 1 saturated heterocycles. The summed E-state index contributed by atoms with van der Waals surface area (Å²) >= 11 is 0. The minimum atomic E-state index is -3.16. The fraction of sp³-hybridized carbons (Fsp3) is 0.562. The standard InChI is InChI=1S/C16H21N3O2S/c1-22(20,21)18-16-11-19(10-15(16)14-6-7-14)9-13-4-2-12(8-17)3-5-13/h2-5,14-16,18H,6-7,9-11H2,1H3/t15-,16+/m0/s1. The van der Waals surface area contributed by atoms with Crippen LogP contribution in [-0.4, -0.2) is 38.7 Å². The summed E-state index contributed by atoms with van der Waals surface area (Å²) in [4.78, 5) is 2.31. The van der Waals surface area contributed by atoms with Crippen molar-refractivity contribution in [1.82, 2.24) is 9.62 Å². The highest BCUT2D eigenvalue weighted by Crippen LogP contribution is 2.41. The number of nitrogens with one attached hydrogen (secondary N) is 1. The normalized spacial score (nSPS) is 26.0. The Morgan fingerprint density at radius 3 is 2.50 bits per heavy atom. The van der Waals surface area contributed by atoms with Gasteiger partial charge in [-0.25, -0.2) is 13.1 Å². The van der Waals surface area contributed by atoms with Crippen LogP contribution in [0.2, 0.25) is 0 Å². The lowest BCUT2D eigenvalue weighted by Gasteiger charge is -2.17. The molecule has 3 rings (SSSR count). The second-order valence-corrected chi connectivity index (χ2v) is 8.28. The molecule has 22 heavy (non-hydrogen) atoms. The van der Waals surface area contributed by atoms with Gasteiger partial charge < -0.3 is 0 Å². The third-order valence-corrected chi connectivity index (χ3v) is 5.25. The van der Waals surface area contributed by atoms with Gasteiger partial charge in [0.05, 0.1) is 17.9 Å². The molecule has 1 saturated carbocycles. The Bertz CT molecular complexity index is 674. The summed E-state index contributed by atoms with van der Waals surface area (Å²) in [6.45, 7) is 2.50. The maximum atomic E-state index is 11.6. The summed E-state index contributed by atoms with van der Waals surface area (Å²) in [6.07, 6.45) is 3.68. The van der Waals surface area contributed by atoms with Crippen LogP contribution < -0.4 is 4.72 Å². The molecule has 0 radical (unpaired) electrons. The molecule has 5 nitrogen and oxygen atoms in total. The number of nitriles is 1. The van der Waals surface area contributed by atoms with Gasteiger partial charge in [-0.15, -0.1) is 0 Å². The Labute approximate surface area is 132 Å². The molecule has 1 aromatic rings. The van der Waals surface area contributed by atoms with Gasteiger partial charge in [-0.2, -0.15) is 5.26 Å². The predicted molar refractivity (Wildman–Crippen MR) is 84.4 cm³/mol. The first-order valence-corrected chi connectivity index (χ1v) is 9.52. The lowest BCUT2D eigenvalue weighted by molar-refractivity contribution is 0.309. The third-order valence-electron chi connectivity index (χ3n) is 4.52. The van der Waals surface area contributed by atoms with Crippen molar-refractivity contribution >= 4 is 10.0 Å². The van der Waals surface area contributed by atoms with Crippen molar-refractivity contribution in [2.75, 3.05) is 19.3 Å². The first-order valence-electron chi connectivity index (χ1n) is 7.63. The number of hydrogen-bond acceptors (Lipinski definition) is 4. The van der Waals surface area contributed by atoms with Crippen LogP contribution in [0.4, 0.5) is 0 Å². The second kappa shape index (κ2) is 5.99. The second-order valence-electron chi connectivity index (χ2n) is 6.50. The number of rotatable bonds is 5. The molecule has 1 aromatic carbocycles. The molecule has 6 heteroatoms. The Morgan fingerprint density at radius 2 is 1.95 bits per heavy atom. The van der Waals surface area contributed by atoms with Crippen molar-refractivity contribution in [2.45, 2.75) is 25.4 Å². The number of hydrogen-bond donors (Lipinski definition) is 1. The summed E-state index contributed by atoms with van der Waals surface area (Å²) in [7, 11) is -3.16. The van der Waals surface area contributed by atoms with Crippen LogP contribution in [0.15, 0.2) is 24.3 Å². The summed E-state index contributed by atoms with van der Waals surface area (Å²) in [6, 6.07) is 9.76. The van der Waals surface area contributed by atoms with Gasteiger partial charge in [0.15, 0.2) is 0 Å². The van der Waals surface area contributed by atoms with Crippen LogP contribution >= 0.6 is 0 Å². The largest absolute Gasteiger partial charge is 0.297 e. The average Bonchev–Trinajstić information content (AvgIpc) is 3.22. The molecule has 1 N–H and O–H groups in total. The van der Waals surface area contributed by atoms with Gasteiger partial charge in [-0.05, 0) is 42.4 Å². The van der Waals surface area contributed by atoms with Gasteiger partial charge in [0, 0.05) is 25.7 Å². The third kappa shape index (κ3) is 3.86. The van der Waals surface area contributed by atoms with Gasteiger partial charge in [0.1, 0.15) is 0 Å². The van der Waals surface area contributed by atoms with Crippen molar-refractivity contribution < 1.29 is 8.42 Å². The van der Waals surface area contributed by atoms with Gasteiger partial charge in [-0.3, -0.25) is 4.90 Å². The Kier molecular flexibility index (Phi) is 4.22. The van der Waals surface area contributed by atoms with Gasteiger partial charge >= 0.3 is 0 Å². The predicted octanol–water partition coefficient (Wildman–Crippen LogP) is 1.32. The van der Waals surface area contributed by atoms with Gasteiger partial charge in [0.25, 0.3) is 0 Å². The van der Waals surface area contributed by atoms with E-state index in [9.17, 15) is 8.42 Å². The smallest absolute Gasteiger partial charge is 0.209 e. The lowest BCUT2D eigenvalue weighted by atomic mass is 9.99. The highest BCUT2D eigenvalue weighted by atomic mass is 32.2. The zero-order valence-electron chi connectivity index (χ0n) is 12.7. The first-order chi connectivity index (χ1) is 10.4. The fourth-order valence-electron chi connectivity index (χ4n) is 3.39. The number of sulfonamides is 1. The van der Waals surface area contributed by atoms with Crippen molar-refractivity contribution in [3.63, 3.8) is 0 Å². The molecule has 2 atom stereocenters. The minimum absolute atomic E-state index is 0.0286. The van der Waals surface area contributed by atoms with E-state index in [4.69, 9.17) is 5.26 Å². The van der Waals surface area contributed by atoms with Crippen LogP contribution in [-0.2, 0) is 16.6 Å². The minimum Gasteiger partial charge on any atom is -0.297 e. The van der Waals surface area contributed by atoms with E-state index >= 15 is 0 Å². The zero-order chi connectivity index (χ0) is 15.7. The zero-order valence-corrected chi connectivity index (χ0v) is 13.5. The molecule has 1 aliphatic carbocycles. The number of likely N-dealkylation sites (tertiary alicyclic amines) is 1. The van der Waals surface area contributed by atoms with E-state index in [0.29, 0.717) is 17.4 Å². The summed E-state index contributed by atoms with van der Waals surface area (Å²) in [5.41, 5.74) is 1.83. The van der Waals surface area contributed by atoms with E-state index < -0.39 is 10.0 Å². The molecule has 0 amide bonds. The van der Waals surface area contributed by atoms with E-state index in [1.807, 2.05) is 24.3 Å². The van der Waals surface area contributed by atoms with Gasteiger partial charge in [-0.1, -0.05) is 12.1 Å². The van der Waals surface area contributed by atoms with E-state index in [1.165, 1.54) is 19.1 Å². The van der Waals surface area contributed by atoms with Crippen molar-refractivity contribution in [2.24, 2.45) is 11.8 Å².